The zero-order valence-corrected chi connectivity index (χ0v) is 16.9. The summed E-state index contributed by atoms with van der Waals surface area (Å²) in [5.74, 6) is 0. The molecule has 0 aliphatic heterocycles. The number of halogens is 1. The van der Waals surface area contributed by atoms with Gasteiger partial charge in [-0.3, -0.25) is 0 Å². The molecule has 1 N–H and O–H groups in total. The van der Waals surface area contributed by atoms with E-state index in [2.05, 4.69) is 37.4 Å². The second-order valence-corrected chi connectivity index (χ2v) is 9.28. The molecule has 2 aromatic heterocycles. The minimum atomic E-state index is -3.38. The van der Waals surface area contributed by atoms with Crippen LogP contribution in [0.3, 0.4) is 0 Å². The molecule has 0 atom stereocenters. The average molecular weight is 427 g/mol. The number of imidazole rings is 1. The molecule has 0 radical (unpaired) electrons. The van der Waals surface area contributed by atoms with Gasteiger partial charge in [0.05, 0.1) is 11.9 Å². The average Bonchev–Trinajstić information content (AvgIpc) is 3.28. The van der Waals surface area contributed by atoms with Crippen molar-refractivity contribution < 1.29 is 8.42 Å². The lowest BCUT2D eigenvalue weighted by molar-refractivity contribution is 0.601. The maximum Gasteiger partial charge on any atom is 0.179 e. The van der Waals surface area contributed by atoms with Gasteiger partial charge in [-0.05, 0) is 73.1 Å². The molecule has 0 unspecified atom stereocenters. The quantitative estimate of drug-likeness (QED) is 0.655. The fourth-order valence-corrected chi connectivity index (χ4v) is 4.19. The van der Waals surface area contributed by atoms with Crippen molar-refractivity contribution in [2.45, 2.75) is 50.0 Å². The Hall–Kier alpha value is -1.25. The Labute approximate surface area is 156 Å². The van der Waals surface area contributed by atoms with E-state index in [4.69, 9.17) is 0 Å². The van der Waals surface area contributed by atoms with E-state index in [0.717, 1.165) is 43.1 Å². The molecule has 0 saturated heterocycles. The number of nitrogens with zero attached hydrogens (tertiary/aromatic N) is 3. The Morgan fingerprint density at radius 2 is 2.20 bits per heavy atom. The van der Waals surface area contributed by atoms with Crippen LogP contribution in [0.4, 0.5) is 0 Å². The highest BCUT2D eigenvalue weighted by molar-refractivity contribution is 9.10. The van der Waals surface area contributed by atoms with Crippen molar-refractivity contribution in [2.24, 2.45) is 0 Å². The van der Waals surface area contributed by atoms with E-state index in [-0.39, 0.29) is 4.90 Å². The van der Waals surface area contributed by atoms with Crippen LogP contribution in [-0.4, -0.2) is 41.9 Å². The minimum absolute atomic E-state index is 0.185. The first-order chi connectivity index (χ1) is 11.9. The Morgan fingerprint density at radius 1 is 1.44 bits per heavy atom. The van der Waals surface area contributed by atoms with Crippen LogP contribution in [-0.2, 0) is 9.84 Å². The highest BCUT2D eigenvalue weighted by atomic mass is 79.9. The van der Waals surface area contributed by atoms with E-state index in [1.54, 1.807) is 10.7 Å². The summed E-state index contributed by atoms with van der Waals surface area (Å²) < 4.78 is 26.2. The van der Waals surface area contributed by atoms with Crippen LogP contribution in [0.5, 0.6) is 0 Å². The molecule has 0 spiro atoms. The van der Waals surface area contributed by atoms with Gasteiger partial charge in [-0.15, -0.1) is 0 Å². The Balaban J connectivity index is 1.80. The van der Waals surface area contributed by atoms with Gasteiger partial charge < -0.3 is 5.32 Å². The van der Waals surface area contributed by atoms with Gasteiger partial charge in [-0.25, -0.2) is 17.9 Å². The van der Waals surface area contributed by atoms with E-state index >= 15 is 0 Å². The number of allylic oxidation sites excluding steroid dienone is 2. The summed E-state index contributed by atoms with van der Waals surface area (Å²) in [6, 6.07) is 2.25. The van der Waals surface area contributed by atoms with Crippen molar-refractivity contribution >= 4 is 37.0 Å². The van der Waals surface area contributed by atoms with E-state index < -0.39 is 9.84 Å². The Kier molecular flexibility index (Phi) is 5.60. The Bertz CT molecular complexity index is 901. The smallest absolute Gasteiger partial charge is 0.179 e. The molecular formula is C17H23BrN4O2S. The molecule has 0 amide bonds. The van der Waals surface area contributed by atoms with E-state index in [1.165, 1.54) is 25.2 Å². The van der Waals surface area contributed by atoms with Gasteiger partial charge in [0.15, 0.2) is 15.5 Å². The molecule has 1 saturated carbocycles. The molecule has 0 bridgehead atoms. The highest BCUT2D eigenvalue weighted by Gasteiger charge is 2.20. The van der Waals surface area contributed by atoms with Gasteiger partial charge in [-0.2, -0.15) is 5.10 Å². The summed E-state index contributed by atoms with van der Waals surface area (Å²) >= 11 is 3.31. The first kappa shape index (κ1) is 18.5. The maximum atomic E-state index is 12.0. The minimum Gasteiger partial charge on any atom is -0.314 e. The van der Waals surface area contributed by atoms with Crippen molar-refractivity contribution in [3.8, 4) is 0 Å². The van der Waals surface area contributed by atoms with Crippen LogP contribution in [0.25, 0.3) is 11.2 Å². The first-order valence-corrected chi connectivity index (χ1v) is 11.2. The number of aromatic nitrogens is 3. The van der Waals surface area contributed by atoms with E-state index in [9.17, 15) is 8.42 Å². The van der Waals surface area contributed by atoms with Crippen molar-refractivity contribution in [1.82, 2.24) is 19.9 Å². The molecule has 136 valence electrons. The maximum absolute atomic E-state index is 12.0. The molecule has 1 aliphatic carbocycles. The van der Waals surface area contributed by atoms with Crippen LogP contribution in [0.15, 0.2) is 27.8 Å². The molecule has 25 heavy (non-hydrogen) atoms. The van der Waals surface area contributed by atoms with Crippen molar-refractivity contribution in [2.75, 3.05) is 12.8 Å². The van der Waals surface area contributed by atoms with Crippen LogP contribution < -0.4 is 5.32 Å². The highest BCUT2D eigenvalue weighted by Crippen LogP contribution is 2.26. The number of hydrogen-bond donors (Lipinski definition) is 1. The molecule has 8 heteroatoms. The summed E-state index contributed by atoms with van der Waals surface area (Å²) in [7, 11) is -3.38. The molecular weight excluding hydrogens is 404 g/mol. The summed E-state index contributed by atoms with van der Waals surface area (Å²) in [6.07, 6.45) is 10.7. The zero-order chi connectivity index (χ0) is 18.0. The second kappa shape index (κ2) is 7.55. The normalized spacial score (nSPS) is 15.9. The third-order valence-electron chi connectivity index (χ3n) is 4.36. The van der Waals surface area contributed by atoms with Crippen molar-refractivity contribution in [3.05, 3.63) is 28.6 Å². The fraction of sp³-hybridized carbons (Fsp3) is 0.529. The van der Waals surface area contributed by atoms with Crippen LogP contribution in [0, 0.1) is 0 Å². The SMILES string of the molecule is CC=C(CCCCNC1CC1)c1cnc2c(S(C)(=O)=O)cc(Br)nn12. The third-order valence-corrected chi connectivity index (χ3v) is 5.85. The van der Waals surface area contributed by atoms with Gasteiger partial charge in [0.2, 0.25) is 0 Å². The molecule has 2 heterocycles. The number of fused-ring (bicyclic) bond motifs is 1. The lowest BCUT2D eigenvalue weighted by Gasteiger charge is -2.08. The van der Waals surface area contributed by atoms with Crippen molar-refractivity contribution in [3.63, 3.8) is 0 Å². The standard InChI is InChI=1S/C17H23BrN4O2S/c1-3-12(6-4-5-9-19-13-7-8-13)14-11-20-17-15(25(2,23)24)10-16(18)21-22(14)17/h3,10-11,13,19H,4-9H2,1-2H3. The largest absolute Gasteiger partial charge is 0.314 e. The summed E-state index contributed by atoms with van der Waals surface area (Å²) in [6.45, 7) is 3.05. The summed E-state index contributed by atoms with van der Waals surface area (Å²) in [5, 5.41) is 7.93. The summed E-state index contributed by atoms with van der Waals surface area (Å²) in [5.41, 5.74) is 2.35. The number of nitrogens with one attached hydrogen (secondary N) is 1. The number of hydrogen-bond acceptors (Lipinski definition) is 5. The second-order valence-electron chi connectivity index (χ2n) is 6.48. The van der Waals surface area contributed by atoms with Gasteiger partial charge in [-0.1, -0.05) is 6.08 Å². The number of rotatable bonds is 8. The zero-order valence-electron chi connectivity index (χ0n) is 14.5. The van der Waals surface area contributed by atoms with Gasteiger partial charge in [0, 0.05) is 12.3 Å². The third kappa shape index (κ3) is 4.48. The monoisotopic (exact) mass is 426 g/mol. The molecule has 6 nitrogen and oxygen atoms in total. The number of sulfone groups is 1. The lowest BCUT2D eigenvalue weighted by atomic mass is 10.1. The molecule has 2 aromatic rings. The van der Waals surface area contributed by atoms with E-state index in [0.29, 0.717) is 10.3 Å². The predicted molar refractivity (Wildman–Crippen MR) is 102 cm³/mol. The molecule has 1 aliphatic rings. The molecule has 1 fully saturated rings. The summed E-state index contributed by atoms with van der Waals surface area (Å²) in [4.78, 5) is 4.50. The topological polar surface area (TPSA) is 76.4 Å². The first-order valence-electron chi connectivity index (χ1n) is 8.53. The predicted octanol–water partition coefficient (Wildman–Crippen LogP) is 3.22. The van der Waals surface area contributed by atoms with Gasteiger partial charge >= 0.3 is 0 Å². The van der Waals surface area contributed by atoms with Crippen molar-refractivity contribution in [1.29, 1.82) is 0 Å². The van der Waals surface area contributed by atoms with Gasteiger partial charge in [0.25, 0.3) is 0 Å². The number of unbranched alkanes of at least 4 members (excludes halogenated alkanes) is 1. The molecule has 3 rings (SSSR count). The van der Waals surface area contributed by atoms with E-state index in [1.807, 2.05) is 6.92 Å². The van der Waals surface area contributed by atoms with Crippen LogP contribution in [0.2, 0.25) is 0 Å². The van der Waals surface area contributed by atoms with Gasteiger partial charge in [0.1, 0.15) is 9.50 Å². The van der Waals surface area contributed by atoms with Crippen LogP contribution in [0.1, 0.15) is 44.7 Å². The van der Waals surface area contributed by atoms with Crippen LogP contribution >= 0.6 is 15.9 Å². The fourth-order valence-electron chi connectivity index (χ4n) is 2.86. The lowest BCUT2D eigenvalue weighted by Crippen LogP contribution is -2.17. The Morgan fingerprint density at radius 3 is 2.84 bits per heavy atom. The molecule has 0 aromatic carbocycles.